The highest BCUT2D eigenvalue weighted by Gasteiger charge is 2.15. The van der Waals surface area contributed by atoms with E-state index in [-0.39, 0.29) is 5.69 Å². The maximum atomic E-state index is 10.8. The quantitative estimate of drug-likeness (QED) is 0.485. The zero-order valence-corrected chi connectivity index (χ0v) is 10.8. The number of nitrogens with one attached hydrogen (secondary N) is 1. The van der Waals surface area contributed by atoms with Gasteiger partial charge >= 0.3 is 0 Å². The number of hydrazine groups is 1. The molecule has 0 bridgehead atoms. The fraction of sp³-hybridized carbons (Fsp3) is 0.538. The summed E-state index contributed by atoms with van der Waals surface area (Å²) < 4.78 is 5.68. The highest BCUT2D eigenvalue weighted by atomic mass is 16.6. The smallest absolute Gasteiger partial charge is 0.275 e. The van der Waals surface area contributed by atoms with Crippen LogP contribution in [0, 0.1) is 16.0 Å². The van der Waals surface area contributed by atoms with Gasteiger partial charge in [-0.1, -0.05) is 19.3 Å². The first kappa shape index (κ1) is 13.6. The number of benzene rings is 1. The van der Waals surface area contributed by atoms with E-state index >= 15 is 0 Å². The summed E-state index contributed by atoms with van der Waals surface area (Å²) in [5.74, 6) is 6.35. The first-order chi connectivity index (χ1) is 9.19. The zero-order chi connectivity index (χ0) is 13.7. The van der Waals surface area contributed by atoms with Crippen molar-refractivity contribution in [3.05, 3.63) is 28.3 Å². The van der Waals surface area contributed by atoms with Crippen molar-refractivity contribution in [2.45, 2.75) is 32.1 Å². The molecule has 0 aliphatic heterocycles. The first-order valence-electron chi connectivity index (χ1n) is 6.58. The fourth-order valence-corrected chi connectivity index (χ4v) is 2.42. The lowest BCUT2D eigenvalue weighted by molar-refractivity contribution is -0.384. The van der Waals surface area contributed by atoms with Crippen LogP contribution in [0.25, 0.3) is 0 Å². The third-order valence-corrected chi connectivity index (χ3v) is 3.48. The Balaban J connectivity index is 2.02. The summed E-state index contributed by atoms with van der Waals surface area (Å²) in [7, 11) is 0. The molecule has 1 aliphatic rings. The number of nitrogens with zero attached hydrogens (tertiary/aromatic N) is 1. The third kappa shape index (κ3) is 3.82. The number of nitrogen functional groups attached to an aromatic ring is 1. The average molecular weight is 265 g/mol. The fourth-order valence-electron chi connectivity index (χ4n) is 2.42. The van der Waals surface area contributed by atoms with E-state index in [9.17, 15) is 10.1 Å². The Labute approximate surface area is 112 Å². The van der Waals surface area contributed by atoms with Gasteiger partial charge in [0.15, 0.2) is 0 Å². The molecule has 1 aromatic carbocycles. The Kier molecular flexibility index (Phi) is 4.57. The Hall–Kier alpha value is -1.82. The predicted octanol–water partition coefficient (Wildman–Crippen LogP) is 2.84. The van der Waals surface area contributed by atoms with Gasteiger partial charge in [0.05, 0.1) is 23.3 Å². The maximum absolute atomic E-state index is 10.8. The molecule has 1 aromatic rings. The monoisotopic (exact) mass is 265 g/mol. The number of nitro groups is 1. The number of hydrogen-bond acceptors (Lipinski definition) is 5. The lowest BCUT2D eigenvalue weighted by Gasteiger charge is -2.21. The van der Waals surface area contributed by atoms with E-state index in [0.29, 0.717) is 24.0 Å². The lowest BCUT2D eigenvalue weighted by Crippen LogP contribution is -2.15. The van der Waals surface area contributed by atoms with Crippen LogP contribution in [0.2, 0.25) is 0 Å². The van der Waals surface area contributed by atoms with E-state index in [1.807, 2.05) is 0 Å². The Bertz CT molecular complexity index is 445. The van der Waals surface area contributed by atoms with Crippen LogP contribution in [-0.4, -0.2) is 11.5 Å². The number of ether oxygens (including phenoxy) is 1. The van der Waals surface area contributed by atoms with E-state index in [2.05, 4.69) is 5.43 Å². The molecule has 0 heterocycles. The minimum Gasteiger partial charge on any atom is -0.493 e. The van der Waals surface area contributed by atoms with Crippen LogP contribution in [-0.2, 0) is 0 Å². The van der Waals surface area contributed by atoms with E-state index in [4.69, 9.17) is 10.6 Å². The summed E-state index contributed by atoms with van der Waals surface area (Å²) in [4.78, 5) is 10.4. The van der Waals surface area contributed by atoms with Gasteiger partial charge in [0.1, 0.15) is 5.75 Å². The van der Waals surface area contributed by atoms with Gasteiger partial charge in [-0.05, 0) is 18.8 Å². The molecule has 1 saturated carbocycles. The SMILES string of the molecule is NNc1cc(OCC2CCCCC2)cc([N+](=O)[O-])c1. The molecule has 2 rings (SSSR count). The van der Waals surface area contributed by atoms with Gasteiger partial charge in [-0.3, -0.25) is 16.0 Å². The Morgan fingerprint density at radius 2 is 2.05 bits per heavy atom. The number of non-ortho nitro benzene ring substituents is 1. The van der Waals surface area contributed by atoms with Crippen molar-refractivity contribution < 1.29 is 9.66 Å². The van der Waals surface area contributed by atoms with Crippen LogP contribution in [0.15, 0.2) is 18.2 Å². The minimum absolute atomic E-state index is 0.0194. The molecule has 1 aliphatic carbocycles. The molecule has 3 N–H and O–H groups in total. The molecular formula is C13H19N3O3. The van der Waals surface area contributed by atoms with Gasteiger partial charge < -0.3 is 10.2 Å². The second-order valence-corrected chi connectivity index (χ2v) is 4.93. The summed E-state index contributed by atoms with van der Waals surface area (Å²) in [5.41, 5.74) is 2.88. The first-order valence-corrected chi connectivity index (χ1v) is 6.58. The van der Waals surface area contributed by atoms with E-state index in [0.717, 1.165) is 0 Å². The van der Waals surface area contributed by atoms with Crippen molar-refractivity contribution in [2.24, 2.45) is 11.8 Å². The van der Waals surface area contributed by atoms with Gasteiger partial charge in [0, 0.05) is 12.1 Å². The highest BCUT2D eigenvalue weighted by Crippen LogP contribution is 2.28. The minimum atomic E-state index is -0.450. The molecule has 6 nitrogen and oxygen atoms in total. The normalized spacial score (nSPS) is 16.1. The number of nitro benzene ring substituents is 1. The number of rotatable bonds is 5. The summed E-state index contributed by atoms with van der Waals surface area (Å²) in [5, 5.41) is 10.8. The van der Waals surface area contributed by atoms with Crippen LogP contribution >= 0.6 is 0 Å². The largest absolute Gasteiger partial charge is 0.493 e. The molecule has 0 radical (unpaired) electrons. The molecule has 0 spiro atoms. The van der Waals surface area contributed by atoms with Gasteiger partial charge in [0.25, 0.3) is 5.69 Å². The van der Waals surface area contributed by atoms with Crippen LogP contribution in [0.3, 0.4) is 0 Å². The molecule has 0 atom stereocenters. The van der Waals surface area contributed by atoms with Crippen molar-refractivity contribution >= 4 is 11.4 Å². The molecule has 0 amide bonds. The van der Waals surface area contributed by atoms with Crippen LogP contribution < -0.4 is 16.0 Å². The molecule has 6 heteroatoms. The number of anilines is 1. The molecular weight excluding hydrogens is 246 g/mol. The van der Waals surface area contributed by atoms with Crippen molar-refractivity contribution in [3.63, 3.8) is 0 Å². The van der Waals surface area contributed by atoms with Crippen LogP contribution in [0.4, 0.5) is 11.4 Å². The average Bonchev–Trinajstić information content (AvgIpc) is 2.45. The molecule has 1 fully saturated rings. The zero-order valence-electron chi connectivity index (χ0n) is 10.8. The van der Waals surface area contributed by atoms with Crippen LogP contribution in [0.5, 0.6) is 5.75 Å². The summed E-state index contributed by atoms with van der Waals surface area (Å²) in [6, 6.07) is 4.49. The molecule has 0 saturated heterocycles. The predicted molar refractivity (Wildman–Crippen MR) is 73.0 cm³/mol. The summed E-state index contributed by atoms with van der Waals surface area (Å²) in [6.07, 6.45) is 6.15. The Morgan fingerprint density at radius 1 is 1.32 bits per heavy atom. The lowest BCUT2D eigenvalue weighted by atomic mass is 9.90. The van der Waals surface area contributed by atoms with Crippen molar-refractivity contribution in [1.29, 1.82) is 0 Å². The van der Waals surface area contributed by atoms with E-state index < -0.39 is 4.92 Å². The van der Waals surface area contributed by atoms with E-state index in [1.54, 1.807) is 6.07 Å². The molecule has 0 unspecified atom stereocenters. The summed E-state index contributed by atoms with van der Waals surface area (Å²) in [6.45, 7) is 0.616. The van der Waals surface area contributed by atoms with Gasteiger partial charge in [-0.15, -0.1) is 0 Å². The highest BCUT2D eigenvalue weighted by molar-refractivity contribution is 5.55. The van der Waals surface area contributed by atoms with E-state index in [1.165, 1.54) is 44.2 Å². The van der Waals surface area contributed by atoms with Gasteiger partial charge in [-0.25, -0.2) is 0 Å². The summed E-state index contributed by atoms with van der Waals surface area (Å²) >= 11 is 0. The second-order valence-electron chi connectivity index (χ2n) is 4.93. The van der Waals surface area contributed by atoms with Crippen molar-refractivity contribution in [3.8, 4) is 5.75 Å². The maximum Gasteiger partial charge on any atom is 0.275 e. The number of hydrogen-bond donors (Lipinski definition) is 2. The molecule has 19 heavy (non-hydrogen) atoms. The third-order valence-electron chi connectivity index (χ3n) is 3.48. The van der Waals surface area contributed by atoms with Crippen molar-refractivity contribution in [2.75, 3.05) is 12.0 Å². The van der Waals surface area contributed by atoms with Crippen molar-refractivity contribution in [1.82, 2.24) is 0 Å². The Morgan fingerprint density at radius 3 is 2.68 bits per heavy atom. The topological polar surface area (TPSA) is 90.4 Å². The van der Waals surface area contributed by atoms with Gasteiger partial charge in [-0.2, -0.15) is 0 Å². The number of nitrogens with two attached hydrogens (primary N) is 1. The second kappa shape index (κ2) is 6.38. The molecule has 104 valence electrons. The standard InChI is InChI=1S/C13H19N3O3/c14-15-11-6-12(16(17)18)8-13(7-11)19-9-10-4-2-1-3-5-10/h6-8,10,15H,1-5,9,14H2. The molecule has 0 aromatic heterocycles. The van der Waals surface area contributed by atoms with Crippen LogP contribution in [0.1, 0.15) is 32.1 Å². The van der Waals surface area contributed by atoms with Gasteiger partial charge in [0.2, 0.25) is 0 Å².